The standard InChI is InChI=1S/C23H26N4O3/c1-16-3-5-18(6-4-16)21(15-27-11-13-29-14-12-27)25-22(28)19-7-9-20(10-8-19)23-24-17(2)26-30-23/h3-10,21H,11-15H2,1-2H3,(H,25,28). The second kappa shape index (κ2) is 9.19. The van der Waals surface area contributed by atoms with Crippen molar-refractivity contribution in [1.82, 2.24) is 20.4 Å². The molecule has 1 aromatic heterocycles. The number of carbonyl (C=O) groups is 1. The van der Waals surface area contributed by atoms with Gasteiger partial charge in [-0.1, -0.05) is 35.0 Å². The van der Waals surface area contributed by atoms with Gasteiger partial charge < -0.3 is 14.6 Å². The second-order valence-corrected chi connectivity index (χ2v) is 7.57. The van der Waals surface area contributed by atoms with Crippen molar-refractivity contribution in [2.75, 3.05) is 32.8 Å². The number of nitrogens with zero attached hydrogens (tertiary/aromatic N) is 3. The summed E-state index contributed by atoms with van der Waals surface area (Å²) in [6.07, 6.45) is 0. The van der Waals surface area contributed by atoms with Crippen LogP contribution < -0.4 is 5.32 Å². The molecule has 1 amide bonds. The van der Waals surface area contributed by atoms with Crippen LogP contribution in [0.2, 0.25) is 0 Å². The van der Waals surface area contributed by atoms with Crippen LogP contribution in [0.1, 0.15) is 33.4 Å². The van der Waals surface area contributed by atoms with E-state index in [1.165, 1.54) is 5.56 Å². The first-order valence-electron chi connectivity index (χ1n) is 10.2. The van der Waals surface area contributed by atoms with Gasteiger partial charge in [-0.2, -0.15) is 4.98 Å². The van der Waals surface area contributed by atoms with E-state index in [2.05, 4.69) is 51.5 Å². The van der Waals surface area contributed by atoms with E-state index in [0.29, 0.717) is 17.3 Å². The van der Waals surface area contributed by atoms with Gasteiger partial charge in [-0.15, -0.1) is 0 Å². The van der Waals surface area contributed by atoms with Gasteiger partial charge in [0.2, 0.25) is 0 Å². The van der Waals surface area contributed by atoms with Gasteiger partial charge >= 0.3 is 0 Å². The molecule has 1 unspecified atom stereocenters. The SMILES string of the molecule is Cc1ccc(C(CN2CCOCC2)NC(=O)c2ccc(-c3nc(C)no3)cc2)cc1. The third-order valence-corrected chi connectivity index (χ3v) is 5.25. The molecule has 0 saturated carbocycles. The van der Waals surface area contributed by atoms with Gasteiger partial charge in [-0.25, -0.2) is 0 Å². The van der Waals surface area contributed by atoms with Gasteiger partial charge in [0.05, 0.1) is 19.3 Å². The van der Waals surface area contributed by atoms with Crippen LogP contribution in [0.4, 0.5) is 0 Å². The maximum absolute atomic E-state index is 13.0. The van der Waals surface area contributed by atoms with Crippen LogP contribution >= 0.6 is 0 Å². The zero-order chi connectivity index (χ0) is 20.9. The summed E-state index contributed by atoms with van der Waals surface area (Å²) in [6, 6.07) is 15.4. The fraction of sp³-hybridized carbons (Fsp3) is 0.348. The molecule has 1 aliphatic rings. The average molecular weight is 406 g/mol. The summed E-state index contributed by atoms with van der Waals surface area (Å²) in [6.45, 7) is 7.78. The molecule has 1 fully saturated rings. The number of hydrogen-bond donors (Lipinski definition) is 1. The maximum atomic E-state index is 13.0. The fourth-order valence-electron chi connectivity index (χ4n) is 3.50. The van der Waals surface area contributed by atoms with Crippen molar-refractivity contribution >= 4 is 5.91 Å². The lowest BCUT2D eigenvalue weighted by atomic mass is 10.0. The number of amides is 1. The van der Waals surface area contributed by atoms with Crippen LogP contribution in [0.25, 0.3) is 11.5 Å². The predicted octanol–water partition coefficient (Wildman–Crippen LogP) is 3.16. The lowest BCUT2D eigenvalue weighted by molar-refractivity contribution is 0.0332. The Bertz CT molecular complexity index is 976. The highest BCUT2D eigenvalue weighted by Gasteiger charge is 2.21. The normalized spacial score (nSPS) is 15.7. The molecule has 0 radical (unpaired) electrons. The molecule has 7 heteroatoms. The van der Waals surface area contributed by atoms with E-state index in [4.69, 9.17) is 9.26 Å². The topological polar surface area (TPSA) is 80.5 Å². The summed E-state index contributed by atoms with van der Waals surface area (Å²) in [4.78, 5) is 19.5. The minimum Gasteiger partial charge on any atom is -0.379 e. The quantitative estimate of drug-likeness (QED) is 0.677. The Kier molecular flexibility index (Phi) is 6.21. The number of aryl methyl sites for hydroxylation is 2. The summed E-state index contributed by atoms with van der Waals surface area (Å²) in [5.41, 5.74) is 3.67. The molecule has 2 aromatic carbocycles. The van der Waals surface area contributed by atoms with Crippen molar-refractivity contribution in [3.8, 4) is 11.5 Å². The highest BCUT2D eigenvalue weighted by molar-refractivity contribution is 5.94. The molecule has 156 valence electrons. The number of hydrogen-bond acceptors (Lipinski definition) is 6. The van der Waals surface area contributed by atoms with E-state index >= 15 is 0 Å². The number of carbonyl (C=O) groups excluding carboxylic acids is 1. The van der Waals surface area contributed by atoms with Crippen LogP contribution in [-0.2, 0) is 4.74 Å². The van der Waals surface area contributed by atoms with Gasteiger partial charge in [-0.3, -0.25) is 9.69 Å². The van der Waals surface area contributed by atoms with Crippen LogP contribution in [0, 0.1) is 13.8 Å². The zero-order valence-corrected chi connectivity index (χ0v) is 17.3. The Hall–Kier alpha value is -3.03. The van der Waals surface area contributed by atoms with E-state index in [-0.39, 0.29) is 11.9 Å². The lowest BCUT2D eigenvalue weighted by Gasteiger charge is -2.31. The van der Waals surface area contributed by atoms with Crippen LogP contribution in [-0.4, -0.2) is 53.8 Å². The summed E-state index contributed by atoms with van der Waals surface area (Å²) in [5.74, 6) is 0.919. The largest absolute Gasteiger partial charge is 0.379 e. The predicted molar refractivity (Wildman–Crippen MR) is 113 cm³/mol. The second-order valence-electron chi connectivity index (χ2n) is 7.57. The third-order valence-electron chi connectivity index (χ3n) is 5.25. The average Bonchev–Trinajstić information content (AvgIpc) is 3.21. The fourth-order valence-corrected chi connectivity index (χ4v) is 3.50. The molecule has 3 aromatic rings. The Morgan fingerprint density at radius 2 is 1.77 bits per heavy atom. The van der Waals surface area contributed by atoms with Gasteiger partial charge in [-0.05, 0) is 43.7 Å². The molecule has 1 atom stereocenters. The van der Waals surface area contributed by atoms with E-state index in [9.17, 15) is 4.79 Å². The highest BCUT2D eigenvalue weighted by atomic mass is 16.5. The van der Waals surface area contributed by atoms with E-state index in [1.807, 2.05) is 12.1 Å². The van der Waals surface area contributed by atoms with Crippen molar-refractivity contribution in [3.05, 3.63) is 71.0 Å². The molecule has 7 nitrogen and oxygen atoms in total. The van der Waals surface area contributed by atoms with Gasteiger partial charge in [0.15, 0.2) is 5.82 Å². The Morgan fingerprint density at radius 3 is 2.40 bits per heavy atom. The van der Waals surface area contributed by atoms with Gasteiger partial charge in [0.25, 0.3) is 11.8 Å². The zero-order valence-electron chi connectivity index (χ0n) is 17.3. The number of nitrogens with one attached hydrogen (secondary N) is 1. The molecule has 2 heterocycles. The van der Waals surface area contributed by atoms with Crippen LogP contribution in [0.5, 0.6) is 0 Å². The first-order valence-corrected chi connectivity index (χ1v) is 10.2. The minimum absolute atomic E-state index is 0.102. The molecule has 1 saturated heterocycles. The van der Waals surface area contributed by atoms with Crippen molar-refractivity contribution in [2.45, 2.75) is 19.9 Å². The van der Waals surface area contributed by atoms with Crippen molar-refractivity contribution < 1.29 is 14.1 Å². The molecule has 0 bridgehead atoms. The van der Waals surface area contributed by atoms with Crippen LogP contribution in [0.15, 0.2) is 53.1 Å². The minimum atomic E-state index is -0.109. The smallest absolute Gasteiger partial charge is 0.257 e. The van der Waals surface area contributed by atoms with Gasteiger partial charge in [0.1, 0.15) is 0 Å². The first-order chi connectivity index (χ1) is 14.6. The van der Waals surface area contributed by atoms with Crippen molar-refractivity contribution in [1.29, 1.82) is 0 Å². The summed E-state index contributed by atoms with van der Waals surface area (Å²) >= 11 is 0. The molecule has 1 N–H and O–H groups in total. The summed E-state index contributed by atoms with van der Waals surface area (Å²) in [7, 11) is 0. The van der Waals surface area contributed by atoms with E-state index in [1.54, 1.807) is 19.1 Å². The van der Waals surface area contributed by atoms with E-state index < -0.39 is 0 Å². The Balaban J connectivity index is 1.49. The number of morpholine rings is 1. The summed E-state index contributed by atoms with van der Waals surface area (Å²) in [5, 5.41) is 7.01. The number of aromatic nitrogens is 2. The molecule has 1 aliphatic heterocycles. The number of rotatable bonds is 6. The molecular weight excluding hydrogens is 380 g/mol. The number of ether oxygens (including phenoxy) is 1. The molecule has 0 aliphatic carbocycles. The highest BCUT2D eigenvalue weighted by Crippen LogP contribution is 2.20. The van der Waals surface area contributed by atoms with E-state index in [0.717, 1.165) is 44.0 Å². The maximum Gasteiger partial charge on any atom is 0.257 e. The van der Waals surface area contributed by atoms with Crippen LogP contribution in [0.3, 0.4) is 0 Å². The van der Waals surface area contributed by atoms with Crippen molar-refractivity contribution in [3.63, 3.8) is 0 Å². The van der Waals surface area contributed by atoms with Gasteiger partial charge in [0, 0.05) is 30.8 Å². The first kappa shape index (κ1) is 20.3. The monoisotopic (exact) mass is 406 g/mol. The van der Waals surface area contributed by atoms with Crippen molar-refractivity contribution in [2.24, 2.45) is 0 Å². The Morgan fingerprint density at radius 1 is 1.07 bits per heavy atom. The molecule has 30 heavy (non-hydrogen) atoms. The number of benzene rings is 2. The lowest BCUT2D eigenvalue weighted by Crippen LogP contribution is -2.43. The third kappa shape index (κ3) is 4.93. The summed E-state index contributed by atoms with van der Waals surface area (Å²) < 4.78 is 10.6. The molecule has 4 rings (SSSR count). The molecular formula is C23H26N4O3. The Labute approximate surface area is 176 Å². The molecule has 0 spiro atoms.